The molecule has 1 saturated heterocycles. The van der Waals surface area contributed by atoms with Crippen LogP contribution < -0.4 is 4.90 Å². The van der Waals surface area contributed by atoms with Crippen molar-refractivity contribution >= 4 is 24.3 Å². The van der Waals surface area contributed by atoms with Gasteiger partial charge >= 0.3 is 5.97 Å². The molecule has 0 bridgehead atoms. The van der Waals surface area contributed by atoms with Crippen molar-refractivity contribution < 1.29 is 9.90 Å². The molecule has 0 atom stereocenters. The third-order valence-corrected chi connectivity index (χ3v) is 2.57. The Morgan fingerprint density at radius 2 is 1.82 bits per heavy atom. The molecule has 1 aromatic rings. The van der Waals surface area contributed by atoms with Crippen LogP contribution in [-0.4, -0.2) is 58.7 Å². The number of carboxylic acid groups (broad SMARTS) is 1. The van der Waals surface area contributed by atoms with Crippen LogP contribution in [0.3, 0.4) is 0 Å². The van der Waals surface area contributed by atoms with Gasteiger partial charge in [-0.25, -0.2) is 9.97 Å². The molecule has 0 aliphatic carbocycles. The van der Waals surface area contributed by atoms with E-state index in [4.69, 9.17) is 5.11 Å². The zero-order valence-electron chi connectivity index (χ0n) is 9.32. The molecule has 0 saturated carbocycles. The summed E-state index contributed by atoms with van der Waals surface area (Å²) in [5, 5.41) is 8.67. The Balaban J connectivity index is 0.00000144. The zero-order valence-corrected chi connectivity index (χ0v) is 10.1. The fourth-order valence-electron chi connectivity index (χ4n) is 1.75. The minimum Gasteiger partial charge on any atom is -0.480 e. The number of hydrogen-bond acceptors (Lipinski definition) is 5. The average Bonchev–Trinajstić information content (AvgIpc) is 2.30. The molecule has 0 aromatic carbocycles. The Bertz CT molecular complexity index is 355. The molecule has 0 spiro atoms. The summed E-state index contributed by atoms with van der Waals surface area (Å²) >= 11 is 0. The van der Waals surface area contributed by atoms with Gasteiger partial charge in [0.25, 0.3) is 0 Å². The summed E-state index contributed by atoms with van der Waals surface area (Å²) in [6.07, 6.45) is 3.43. The Labute approximate surface area is 106 Å². The number of nitrogens with zero attached hydrogens (tertiary/aromatic N) is 4. The van der Waals surface area contributed by atoms with Crippen molar-refractivity contribution in [3.05, 3.63) is 18.5 Å². The van der Waals surface area contributed by atoms with Crippen molar-refractivity contribution in [2.45, 2.75) is 0 Å². The maximum Gasteiger partial charge on any atom is 0.317 e. The second-order valence-corrected chi connectivity index (χ2v) is 3.71. The van der Waals surface area contributed by atoms with E-state index in [1.807, 2.05) is 4.90 Å². The second-order valence-electron chi connectivity index (χ2n) is 3.71. The van der Waals surface area contributed by atoms with Crippen molar-refractivity contribution in [1.29, 1.82) is 0 Å². The highest BCUT2D eigenvalue weighted by Crippen LogP contribution is 2.08. The molecule has 2 heterocycles. The first-order valence-corrected chi connectivity index (χ1v) is 5.22. The van der Waals surface area contributed by atoms with Crippen molar-refractivity contribution in [2.24, 2.45) is 0 Å². The Kier molecular flexibility index (Phi) is 5.11. The van der Waals surface area contributed by atoms with Gasteiger partial charge in [-0.3, -0.25) is 9.69 Å². The van der Waals surface area contributed by atoms with Gasteiger partial charge in [-0.05, 0) is 6.07 Å². The lowest BCUT2D eigenvalue weighted by Crippen LogP contribution is -2.48. The maximum atomic E-state index is 10.5. The van der Waals surface area contributed by atoms with E-state index in [2.05, 4.69) is 14.9 Å². The van der Waals surface area contributed by atoms with E-state index in [0.29, 0.717) is 0 Å². The van der Waals surface area contributed by atoms with Gasteiger partial charge < -0.3 is 10.0 Å². The van der Waals surface area contributed by atoms with Crippen molar-refractivity contribution in [2.75, 3.05) is 37.6 Å². The van der Waals surface area contributed by atoms with E-state index < -0.39 is 5.97 Å². The van der Waals surface area contributed by atoms with E-state index in [9.17, 15) is 4.79 Å². The molecule has 7 heteroatoms. The average molecular weight is 259 g/mol. The standard InChI is InChI=1S/C10H14N4O2.ClH/c15-9(16)8-13-4-6-14(7-5-13)10-11-2-1-3-12-10;/h1-3H,4-8H2,(H,15,16);1H. The number of piperazine rings is 1. The molecule has 94 valence electrons. The third-order valence-electron chi connectivity index (χ3n) is 2.57. The van der Waals surface area contributed by atoms with Crippen molar-refractivity contribution in [1.82, 2.24) is 14.9 Å². The Morgan fingerprint density at radius 3 is 2.35 bits per heavy atom. The van der Waals surface area contributed by atoms with Gasteiger partial charge in [0.2, 0.25) is 5.95 Å². The van der Waals surface area contributed by atoms with Gasteiger partial charge in [-0.15, -0.1) is 12.4 Å². The lowest BCUT2D eigenvalue weighted by molar-refractivity contribution is -0.138. The minimum absolute atomic E-state index is 0. The monoisotopic (exact) mass is 258 g/mol. The van der Waals surface area contributed by atoms with E-state index in [-0.39, 0.29) is 19.0 Å². The van der Waals surface area contributed by atoms with Crippen molar-refractivity contribution in [3.63, 3.8) is 0 Å². The summed E-state index contributed by atoms with van der Waals surface area (Å²) < 4.78 is 0. The van der Waals surface area contributed by atoms with Gasteiger partial charge in [-0.2, -0.15) is 0 Å². The van der Waals surface area contributed by atoms with E-state index in [0.717, 1.165) is 32.1 Å². The Hall–Kier alpha value is -1.40. The lowest BCUT2D eigenvalue weighted by atomic mass is 10.3. The van der Waals surface area contributed by atoms with Crippen LogP contribution >= 0.6 is 12.4 Å². The highest BCUT2D eigenvalue weighted by atomic mass is 35.5. The predicted octanol–water partition coefficient (Wildman–Crippen LogP) is 0.105. The van der Waals surface area contributed by atoms with Crippen LogP contribution in [0.1, 0.15) is 0 Å². The highest BCUT2D eigenvalue weighted by Gasteiger charge is 2.19. The fraction of sp³-hybridized carbons (Fsp3) is 0.500. The number of anilines is 1. The van der Waals surface area contributed by atoms with Gasteiger partial charge in [0, 0.05) is 38.6 Å². The number of aliphatic carboxylic acids is 1. The largest absolute Gasteiger partial charge is 0.480 e. The predicted molar refractivity (Wildman–Crippen MR) is 65.6 cm³/mol. The van der Waals surface area contributed by atoms with Crippen LogP contribution in [0.25, 0.3) is 0 Å². The van der Waals surface area contributed by atoms with E-state index in [1.165, 1.54) is 0 Å². The third kappa shape index (κ3) is 3.83. The number of aromatic nitrogens is 2. The number of carbonyl (C=O) groups is 1. The Morgan fingerprint density at radius 1 is 1.24 bits per heavy atom. The van der Waals surface area contributed by atoms with Gasteiger partial charge in [0.05, 0.1) is 6.54 Å². The van der Waals surface area contributed by atoms with Crippen LogP contribution in [0, 0.1) is 0 Å². The molecule has 1 aliphatic heterocycles. The first kappa shape index (κ1) is 13.7. The minimum atomic E-state index is -0.774. The van der Waals surface area contributed by atoms with Gasteiger partial charge in [0.1, 0.15) is 0 Å². The topological polar surface area (TPSA) is 69.6 Å². The molecule has 0 unspecified atom stereocenters. The smallest absolute Gasteiger partial charge is 0.317 e. The van der Waals surface area contributed by atoms with Crippen LogP contribution in [0.5, 0.6) is 0 Å². The first-order chi connectivity index (χ1) is 7.75. The zero-order chi connectivity index (χ0) is 11.4. The quantitative estimate of drug-likeness (QED) is 0.830. The van der Waals surface area contributed by atoms with Crippen LogP contribution in [0.15, 0.2) is 18.5 Å². The summed E-state index contributed by atoms with van der Waals surface area (Å²) in [5.41, 5.74) is 0. The second kappa shape index (κ2) is 6.36. The SMILES string of the molecule is Cl.O=C(O)CN1CCN(c2ncccn2)CC1. The summed E-state index contributed by atoms with van der Waals surface area (Å²) in [6.45, 7) is 3.15. The molecule has 1 aromatic heterocycles. The fourth-order valence-corrected chi connectivity index (χ4v) is 1.75. The number of carboxylic acids is 1. The van der Waals surface area contributed by atoms with Crippen LogP contribution in [0.4, 0.5) is 5.95 Å². The molecular formula is C10H15ClN4O2. The van der Waals surface area contributed by atoms with E-state index >= 15 is 0 Å². The normalized spacial score (nSPS) is 16.4. The molecule has 1 N–H and O–H groups in total. The van der Waals surface area contributed by atoms with Crippen LogP contribution in [0.2, 0.25) is 0 Å². The molecule has 6 nitrogen and oxygen atoms in total. The first-order valence-electron chi connectivity index (χ1n) is 5.22. The van der Waals surface area contributed by atoms with Crippen molar-refractivity contribution in [3.8, 4) is 0 Å². The number of hydrogen-bond donors (Lipinski definition) is 1. The summed E-state index contributed by atoms with van der Waals surface area (Å²) in [6, 6.07) is 1.78. The molecular weight excluding hydrogens is 244 g/mol. The maximum absolute atomic E-state index is 10.5. The lowest BCUT2D eigenvalue weighted by Gasteiger charge is -2.33. The number of rotatable bonds is 3. The highest BCUT2D eigenvalue weighted by molar-refractivity contribution is 5.85. The van der Waals surface area contributed by atoms with E-state index in [1.54, 1.807) is 18.5 Å². The van der Waals surface area contributed by atoms with Gasteiger partial charge in [0.15, 0.2) is 0 Å². The number of halogens is 1. The molecule has 1 fully saturated rings. The van der Waals surface area contributed by atoms with Crippen LogP contribution in [-0.2, 0) is 4.79 Å². The summed E-state index contributed by atoms with van der Waals surface area (Å²) in [7, 11) is 0. The summed E-state index contributed by atoms with van der Waals surface area (Å²) in [5.74, 6) is -0.0538. The molecule has 17 heavy (non-hydrogen) atoms. The summed E-state index contributed by atoms with van der Waals surface area (Å²) in [4.78, 5) is 22.9. The molecule has 0 amide bonds. The molecule has 0 radical (unpaired) electrons. The molecule has 1 aliphatic rings. The molecule has 2 rings (SSSR count). The van der Waals surface area contributed by atoms with Gasteiger partial charge in [-0.1, -0.05) is 0 Å².